The maximum Gasteiger partial charge on any atom is 0.241 e. The molecule has 24 heavy (non-hydrogen) atoms. The van der Waals surface area contributed by atoms with Crippen LogP contribution in [0.2, 0.25) is 14.4 Å². The lowest BCUT2D eigenvalue weighted by Gasteiger charge is -2.34. The van der Waals surface area contributed by atoms with Gasteiger partial charge in [0, 0.05) is 23.8 Å². The SMILES string of the molecule is O=C(Nc1ccc(Cl)c(Cl)c1)[C@@H]1CCCCN1Cc1nnsc1Cl. The summed E-state index contributed by atoms with van der Waals surface area (Å²) in [4.78, 5) is 14.8. The summed E-state index contributed by atoms with van der Waals surface area (Å²) in [6.45, 7) is 1.35. The average Bonchev–Trinajstić information content (AvgIpc) is 2.96. The van der Waals surface area contributed by atoms with Gasteiger partial charge in [-0.05, 0) is 37.6 Å². The van der Waals surface area contributed by atoms with Gasteiger partial charge >= 0.3 is 0 Å². The monoisotopic (exact) mass is 404 g/mol. The summed E-state index contributed by atoms with van der Waals surface area (Å²) in [6.07, 6.45) is 2.85. The minimum Gasteiger partial charge on any atom is -0.325 e. The second-order valence-electron chi connectivity index (χ2n) is 5.59. The first-order valence-electron chi connectivity index (χ1n) is 7.51. The van der Waals surface area contributed by atoms with Crippen LogP contribution in [0.3, 0.4) is 0 Å². The third-order valence-electron chi connectivity index (χ3n) is 3.97. The summed E-state index contributed by atoms with van der Waals surface area (Å²) in [5.74, 6) is -0.0626. The van der Waals surface area contributed by atoms with Crippen molar-refractivity contribution in [3.8, 4) is 0 Å². The van der Waals surface area contributed by atoms with Crippen LogP contribution in [0.4, 0.5) is 5.69 Å². The van der Waals surface area contributed by atoms with Crippen LogP contribution in [0, 0.1) is 0 Å². The number of nitrogens with zero attached hydrogens (tertiary/aromatic N) is 3. The highest BCUT2D eigenvalue weighted by Gasteiger charge is 2.30. The van der Waals surface area contributed by atoms with Gasteiger partial charge in [0.2, 0.25) is 5.91 Å². The highest BCUT2D eigenvalue weighted by atomic mass is 35.5. The third-order valence-corrected chi connectivity index (χ3v) is 5.69. The van der Waals surface area contributed by atoms with Gasteiger partial charge < -0.3 is 5.32 Å². The number of rotatable bonds is 4. The fourth-order valence-electron chi connectivity index (χ4n) is 2.76. The fraction of sp³-hybridized carbons (Fsp3) is 0.400. The maximum atomic E-state index is 12.7. The number of benzene rings is 1. The molecule has 5 nitrogen and oxygen atoms in total. The number of hydrogen-bond acceptors (Lipinski definition) is 5. The van der Waals surface area contributed by atoms with Crippen molar-refractivity contribution in [1.29, 1.82) is 0 Å². The zero-order chi connectivity index (χ0) is 17.1. The number of halogens is 3. The number of nitrogens with one attached hydrogen (secondary N) is 1. The van der Waals surface area contributed by atoms with Crippen LogP contribution in [0.25, 0.3) is 0 Å². The molecule has 128 valence electrons. The first-order chi connectivity index (χ1) is 11.5. The summed E-state index contributed by atoms with van der Waals surface area (Å²) in [7, 11) is 0. The molecule has 0 saturated carbocycles. The van der Waals surface area contributed by atoms with E-state index in [1.807, 2.05) is 0 Å². The molecule has 1 aliphatic rings. The van der Waals surface area contributed by atoms with Gasteiger partial charge in [0.05, 0.1) is 16.1 Å². The van der Waals surface area contributed by atoms with Gasteiger partial charge in [-0.25, -0.2) is 0 Å². The Morgan fingerprint density at radius 1 is 1.29 bits per heavy atom. The van der Waals surface area contributed by atoms with Gasteiger partial charge in [-0.1, -0.05) is 45.7 Å². The van der Waals surface area contributed by atoms with Gasteiger partial charge in [0.15, 0.2) is 0 Å². The van der Waals surface area contributed by atoms with E-state index in [9.17, 15) is 4.79 Å². The molecule has 1 saturated heterocycles. The average molecular weight is 406 g/mol. The van der Waals surface area contributed by atoms with Crippen molar-refractivity contribution < 1.29 is 4.79 Å². The lowest BCUT2D eigenvalue weighted by Crippen LogP contribution is -2.46. The molecule has 0 radical (unpaired) electrons. The number of hydrogen-bond donors (Lipinski definition) is 1. The van der Waals surface area contributed by atoms with Gasteiger partial charge in [-0.15, -0.1) is 5.10 Å². The molecule has 1 fully saturated rings. The highest BCUT2D eigenvalue weighted by Crippen LogP contribution is 2.27. The van der Waals surface area contributed by atoms with Crippen LogP contribution in [0.1, 0.15) is 25.0 Å². The number of piperidine rings is 1. The number of carbonyl (C=O) groups is 1. The Kier molecular flexibility index (Phi) is 5.94. The van der Waals surface area contributed by atoms with Crippen molar-refractivity contribution >= 4 is 57.9 Å². The van der Waals surface area contributed by atoms with Gasteiger partial charge in [0.1, 0.15) is 10.0 Å². The molecule has 0 spiro atoms. The molecular formula is C15H15Cl3N4OS. The van der Waals surface area contributed by atoms with Crippen molar-refractivity contribution in [3.63, 3.8) is 0 Å². The van der Waals surface area contributed by atoms with Crippen LogP contribution in [0.15, 0.2) is 18.2 Å². The molecule has 1 aromatic heterocycles. The Morgan fingerprint density at radius 2 is 2.12 bits per heavy atom. The fourth-order valence-corrected chi connectivity index (χ4v) is 3.67. The Bertz CT molecular complexity index is 739. The predicted molar refractivity (Wildman–Crippen MR) is 98.1 cm³/mol. The van der Waals surface area contributed by atoms with Crippen molar-refractivity contribution in [2.24, 2.45) is 0 Å². The van der Waals surface area contributed by atoms with Gasteiger partial charge in [-0.2, -0.15) is 0 Å². The molecule has 0 unspecified atom stereocenters. The first kappa shape index (κ1) is 17.9. The standard InChI is InChI=1S/C15H15Cl3N4OS/c16-10-5-4-9(7-11(10)17)19-15(23)13-3-1-2-6-22(13)8-12-14(18)24-21-20-12/h4-5,7,13H,1-3,6,8H2,(H,19,23)/t13-/m0/s1. The molecule has 1 aromatic carbocycles. The topological polar surface area (TPSA) is 58.1 Å². The second-order valence-corrected chi connectivity index (χ2v) is 7.76. The van der Waals surface area contributed by atoms with Crippen molar-refractivity contribution in [2.75, 3.05) is 11.9 Å². The van der Waals surface area contributed by atoms with Crippen LogP contribution >= 0.6 is 46.3 Å². The summed E-state index contributed by atoms with van der Waals surface area (Å²) in [5.41, 5.74) is 1.35. The number of carbonyl (C=O) groups excluding carboxylic acids is 1. The predicted octanol–water partition coefficient (Wildman–Crippen LogP) is 4.49. The summed E-state index contributed by atoms with van der Waals surface area (Å²) >= 11 is 19.2. The van der Waals surface area contributed by atoms with E-state index < -0.39 is 0 Å². The molecule has 9 heteroatoms. The van der Waals surface area contributed by atoms with E-state index in [1.165, 1.54) is 0 Å². The van der Waals surface area contributed by atoms with Crippen molar-refractivity contribution in [1.82, 2.24) is 14.5 Å². The quantitative estimate of drug-likeness (QED) is 0.814. The highest BCUT2D eigenvalue weighted by molar-refractivity contribution is 7.10. The molecule has 1 atom stereocenters. The van der Waals surface area contributed by atoms with Crippen LogP contribution < -0.4 is 5.32 Å². The lowest BCUT2D eigenvalue weighted by atomic mass is 10.0. The molecule has 1 amide bonds. The van der Waals surface area contributed by atoms with E-state index in [4.69, 9.17) is 34.8 Å². The van der Waals surface area contributed by atoms with E-state index in [2.05, 4.69) is 19.8 Å². The molecule has 0 aliphatic carbocycles. The van der Waals surface area contributed by atoms with E-state index in [-0.39, 0.29) is 11.9 Å². The molecule has 2 heterocycles. The number of aromatic nitrogens is 2. The third kappa shape index (κ3) is 4.18. The Balaban J connectivity index is 1.71. The number of amides is 1. The van der Waals surface area contributed by atoms with E-state index in [0.29, 0.717) is 26.6 Å². The molecule has 2 aromatic rings. The molecule has 0 bridgehead atoms. The molecule has 3 rings (SSSR count). The van der Waals surface area contributed by atoms with Gasteiger partial charge in [0.25, 0.3) is 0 Å². The Labute approximate surface area is 159 Å². The van der Waals surface area contributed by atoms with Crippen LogP contribution in [-0.4, -0.2) is 33.0 Å². The summed E-state index contributed by atoms with van der Waals surface area (Å²) in [5, 5.41) is 7.82. The minimum absolute atomic E-state index is 0.0626. The normalized spacial score (nSPS) is 18.5. The van der Waals surface area contributed by atoms with Crippen LogP contribution in [-0.2, 0) is 11.3 Å². The Morgan fingerprint density at radius 3 is 2.83 bits per heavy atom. The summed E-state index contributed by atoms with van der Waals surface area (Å²) in [6, 6.07) is 4.82. The molecule has 1 aliphatic heterocycles. The van der Waals surface area contributed by atoms with E-state index in [1.54, 1.807) is 18.2 Å². The Hall–Kier alpha value is -0.920. The maximum absolute atomic E-state index is 12.7. The summed E-state index contributed by atoms with van der Waals surface area (Å²) < 4.78 is 4.42. The largest absolute Gasteiger partial charge is 0.325 e. The number of anilines is 1. The van der Waals surface area contributed by atoms with Crippen LogP contribution in [0.5, 0.6) is 0 Å². The number of likely N-dealkylation sites (tertiary alicyclic amines) is 1. The second kappa shape index (κ2) is 7.97. The smallest absolute Gasteiger partial charge is 0.241 e. The lowest BCUT2D eigenvalue weighted by molar-refractivity contribution is -0.122. The van der Waals surface area contributed by atoms with E-state index in [0.717, 1.165) is 43.0 Å². The molecule has 1 N–H and O–H groups in total. The minimum atomic E-state index is -0.231. The molecular weight excluding hydrogens is 391 g/mol. The zero-order valence-corrected chi connectivity index (χ0v) is 15.7. The van der Waals surface area contributed by atoms with Crippen molar-refractivity contribution in [3.05, 3.63) is 38.3 Å². The van der Waals surface area contributed by atoms with E-state index >= 15 is 0 Å². The van der Waals surface area contributed by atoms with Crippen molar-refractivity contribution in [2.45, 2.75) is 31.8 Å². The van der Waals surface area contributed by atoms with Gasteiger partial charge in [-0.3, -0.25) is 9.69 Å². The zero-order valence-electron chi connectivity index (χ0n) is 12.6. The first-order valence-corrected chi connectivity index (χ1v) is 9.42.